The first kappa shape index (κ1) is 36.0. The van der Waals surface area contributed by atoms with Crippen molar-refractivity contribution >= 4 is 24.3 Å². The van der Waals surface area contributed by atoms with E-state index in [0.29, 0.717) is 37.6 Å². The monoisotopic (exact) mass is 690 g/mol. The Labute approximate surface area is 299 Å². The standard InChI is InChI=1S/C41H43BO7S/c43-42(44)36-24-14-13-23-35(36)30-50-41-40(48-28-34-21-11-4-12-22-34)39(47-27-33-19-9-3-10-20-33)38(46-26-32-17-7-2-8-18-32)37(49-41)29-45-25-31-15-5-1-6-16-31/h1-24,37-41,43-44H,25-30H2/t37-,38+,39+,40-,41+/m1/s1. The van der Waals surface area contributed by atoms with Crippen LogP contribution < -0.4 is 5.46 Å². The topological polar surface area (TPSA) is 86.6 Å². The molecule has 1 fully saturated rings. The van der Waals surface area contributed by atoms with Crippen molar-refractivity contribution in [3.05, 3.63) is 173 Å². The molecule has 0 spiro atoms. The Morgan fingerprint density at radius 1 is 0.520 bits per heavy atom. The van der Waals surface area contributed by atoms with Gasteiger partial charge in [0.15, 0.2) is 0 Å². The Bertz CT molecular complexity index is 1680. The highest BCUT2D eigenvalue weighted by Crippen LogP contribution is 2.36. The molecule has 7 nitrogen and oxygen atoms in total. The first-order chi connectivity index (χ1) is 24.6. The first-order valence-corrected chi connectivity index (χ1v) is 18.0. The highest BCUT2D eigenvalue weighted by molar-refractivity contribution is 7.99. The molecule has 5 atom stereocenters. The van der Waals surface area contributed by atoms with Crippen molar-refractivity contribution < 1.29 is 33.7 Å². The van der Waals surface area contributed by atoms with Gasteiger partial charge in [-0.25, -0.2) is 0 Å². The summed E-state index contributed by atoms with van der Waals surface area (Å²) >= 11 is 1.54. The van der Waals surface area contributed by atoms with Gasteiger partial charge in [0.2, 0.25) is 0 Å². The quantitative estimate of drug-likeness (QED) is 0.110. The lowest BCUT2D eigenvalue weighted by molar-refractivity contribution is -0.254. The normalized spacial score (nSPS) is 20.4. The van der Waals surface area contributed by atoms with E-state index in [1.54, 1.807) is 23.9 Å². The summed E-state index contributed by atoms with van der Waals surface area (Å²) in [4.78, 5) is 0. The van der Waals surface area contributed by atoms with E-state index in [9.17, 15) is 10.0 Å². The van der Waals surface area contributed by atoms with Crippen LogP contribution in [-0.4, -0.2) is 53.6 Å². The van der Waals surface area contributed by atoms with Crippen LogP contribution in [0.4, 0.5) is 0 Å². The van der Waals surface area contributed by atoms with Crippen LogP contribution in [0, 0.1) is 0 Å². The zero-order chi connectivity index (χ0) is 34.4. The molecule has 0 aliphatic carbocycles. The second-order valence-electron chi connectivity index (χ2n) is 12.2. The van der Waals surface area contributed by atoms with Crippen LogP contribution in [0.3, 0.4) is 0 Å². The Hall–Kier alpha value is -3.77. The van der Waals surface area contributed by atoms with E-state index >= 15 is 0 Å². The lowest BCUT2D eigenvalue weighted by Crippen LogP contribution is -2.60. The number of benzene rings is 5. The Morgan fingerprint density at radius 2 is 0.960 bits per heavy atom. The van der Waals surface area contributed by atoms with Gasteiger partial charge < -0.3 is 33.7 Å². The minimum absolute atomic E-state index is 0.272. The van der Waals surface area contributed by atoms with Gasteiger partial charge in [0.25, 0.3) is 0 Å². The fourth-order valence-electron chi connectivity index (χ4n) is 5.97. The van der Waals surface area contributed by atoms with Crippen LogP contribution in [-0.2, 0) is 55.9 Å². The number of hydrogen-bond acceptors (Lipinski definition) is 8. The Morgan fingerprint density at radius 3 is 1.48 bits per heavy atom. The molecule has 1 aliphatic rings. The molecule has 9 heteroatoms. The van der Waals surface area contributed by atoms with Gasteiger partial charge in [-0.3, -0.25) is 0 Å². The summed E-state index contributed by atoms with van der Waals surface area (Å²) in [6, 6.07) is 47.6. The molecule has 5 aromatic rings. The maximum Gasteiger partial charge on any atom is 0.488 e. The number of rotatable bonds is 17. The Kier molecular flexibility index (Phi) is 13.7. The zero-order valence-corrected chi connectivity index (χ0v) is 28.7. The summed E-state index contributed by atoms with van der Waals surface area (Å²) in [5.74, 6) is 0.461. The highest BCUT2D eigenvalue weighted by atomic mass is 32.2. The molecule has 2 N–H and O–H groups in total. The van der Waals surface area contributed by atoms with Gasteiger partial charge in [-0.1, -0.05) is 146 Å². The highest BCUT2D eigenvalue weighted by Gasteiger charge is 2.48. The molecule has 5 aromatic carbocycles. The van der Waals surface area contributed by atoms with Crippen molar-refractivity contribution in [2.75, 3.05) is 6.61 Å². The van der Waals surface area contributed by atoms with Crippen LogP contribution in [0.1, 0.15) is 27.8 Å². The lowest BCUT2D eigenvalue weighted by atomic mass is 9.77. The lowest BCUT2D eigenvalue weighted by Gasteiger charge is -2.46. The number of ether oxygens (including phenoxy) is 5. The second-order valence-corrected chi connectivity index (χ2v) is 13.3. The molecule has 6 rings (SSSR count). The summed E-state index contributed by atoms with van der Waals surface area (Å²) in [6.45, 7) is 1.77. The van der Waals surface area contributed by atoms with Crippen molar-refractivity contribution in [1.29, 1.82) is 0 Å². The molecule has 258 valence electrons. The largest absolute Gasteiger partial charge is 0.488 e. The average Bonchev–Trinajstić information content (AvgIpc) is 3.17. The van der Waals surface area contributed by atoms with Crippen LogP contribution in [0.15, 0.2) is 146 Å². The summed E-state index contributed by atoms with van der Waals surface area (Å²) in [7, 11) is -1.58. The van der Waals surface area contributed by atoms with Gasteiger partial charge in [-0.05, 0) is 33.3 Å². The van der Waals surface area contributed by atoms with Crippen molar-refractivity contribution in [2.24, 2.45) is 0 Å². The van der Waals surface area contributed by atoms with E-state index < -0.39 is 37.0 Å². The number of hydrogen-bond donors (Lipinski definition) is 2. The van der Waals surface area contributed by atoms with E-state index in [1.165, 1.54) is 0 Å². The third-order valence-corrected chi connectivity index (χ3v) is 9.76. The summed E-state index contributed by atoms with van der Waals surface area (Å²) in [5.41, 5.74) is 4.94. The fourth-order valence-corrected chi connectivity index (χ4v) is 7.22. The minimum Gasteiger partial charge on any atom is -0.423 e. The Balaban J connectivity index is 1.32. The zero-order valence-electron chi connectivity index (χ0n) is 27.9. The minimum atomic E-state index is -1.58. The third kappa shape index (κ3) is 10.4. The maximum absolute atomic E-state index is 10.1. The third-order valence-electron chi connectivity index (χ3n) is 8.58. The van der Waals surface area contributed by atoms with Crippen LogP contribution in [0.25, 0.3) is 0 Å². The van der Waals surface area contributed by atoms with Gasteiger partial charge in [0.1, 0.15) is 29.9 Å². The molecule has 0 aromatic heterocycles. The number of thioether (sulfide) groups is 1. The average molecular weight is 691 g/mol. The van der Waals surface area contributed by atoms with Crippen molar-refractivity contribution in [3.8, 4) is 0 Å². The molecule has 50 heavy (non-hydrogen) atoms. The molecular weight excluding hydrogens is 647 g/mol. The molecule has 0 bridgehead atoms. The molecule has 0 saturated carbocycles. The molecule has 1 heterocycles. The van der Waals surface area contributed by atoms with Crippen molar-refractivity contribution in [2.45, 2.75) is 62.0 Å². The predicted octanol–water partition coefficient (Wildman–Crippen LogP) is 6.30. The second kappa shape index (κ2) is 19.0. The molecule has 1 saturated heterocycles. The molecule has 0 unspecified atom stereocenters. The van der Waals surface area contributed by atoms with Gasteiger partial charge >= 0.3 is 7.12 Å². The smallest absolute Gasteiger partial charge is 0.423 e. The van der Waals surface area contributed by atoms with E-state index in [1.807, 2.05) is 133 Å². The van der Waals surface area contributed by atoms with Gasteiger partial charge in [-0.15, -0.1) is 11.8 Å². The van der Waals surface area contributed by atoms with Crippen LogP contribution in [0.2, 0.25) is 0 Å². The van der Waals surface area contributed by atoms with Gasteiger partial charge in [0.05, 0.1) is 33.0 Å². The van der Waals surface area contributed by atoms with E-state index in [4.69, 9.17) is 23.7 Å². The van der Waals surface area contributed by atoms with Gasteiger partial charge in [0, 0.05) is 5.75 Å². The van der Waals surface area contributed by atoms with Gasteiger partial charge in [-0.2, -0.15) is 0 Å². The van der Waals surface area contributed by atoms with Crippen molar-refractivity contribution in [1.82, 2.24) is 0 Å². The maximum atomic E-state index is 10.1. The SMILES string of the molecule is OB(O)c1ccccc1CS[C@@H]1O[C@H](COCc2ccccc2)[C@H](OCc2ccccc2)[C@H](OCc2ccccc2)[C@H]1OCc1ccccc1. The van der Waals surface area contributed by atoms with Crippen LogP contribution >= 0.6 is 11.8 Å². The molecule has 1 aliphatic heterocycles. The molecular formula is C41H43BO7S. The summed E-state index contributed by atoms with van der Waals surface area (Å²) in [5, 5.41) is 20.2. The first-order valence-electron chi connectivity index (χ1n) is 16.9. The molecule has 0 radical (unpaired) electrons. The van der Waals surface area contributed by atoms with Crippen molar-refractivity contribution in [3.63, 3.8) is 0 Å². The van der Waals surface area contributed by atoms with E-state index in [2.05, 4.69) is 0 Å². The summed E-state index contributed by atoms with van der Waals surface area (Å²) < 4.78 is 33.6. The summed E-state index contributed by atoms with van der Waals surface area (Å²) in [6.07, 6.45) is -2.09. The predicted molar refractivity (Wildman–Crippen MR) is 197 cm³/mol. The van der Waals surface area contributed by atoms with E-state index in [0.717, 1.165) is 27.8 Å². The van der Waals surface area contributed by atoms with Crippen LogP contribution in [0.5, 0.6) is 0 Å². The van der Waals surface area contributed by atoms with E-state index in [-0.39, 0.29) is 6.61 Å². The fraction of sp³-hybridized carbons (Fsp3) is 0.268. The molecule has 0 amide bonds.